The number of nitrogens with zero attached hydrogens (tertiary/aromatic N) is 2. The molecule has 0 aromatic heterocycles. The first-order valence-corrected chi connectivity index (χ1v) is 9.72. The summed E-state index contributed by atoms with van der Waals surface area (Å²) in [6.07, 6.45) is -0.986. The molecule has 3 aromatic rings. The number of hydrogen-bond donors (Lipinski definition) is 0. The zero-order valence-electron chi connectivity index (χ0n) is 16.2. The topological polar surface area (TPSA) is 49.9 Å². The summed E-state index contributed by atoms with van der Waals surface area (Å²) in [6.45, 7) is 1.77. The normalized spacial score (nSPS) is 25.7. The number of benzene rings is 3. The monoisotopic (exact) mass is 402 g/mol. The number of halogens is 1. The van der Waals surface area contributed by atoms with E-state index in [9.17, 15) is 14.0 Å². The zero-order chi connectivity index (χ0) is 20.9. The third-order valence-electron chi connectivity index (χ3n) is 5.89. The van der Waals surface area contributed by atoms with Crippen molar-refractivity contribution in [3.63, 3.8) is 0 Å². The number of rotatable bonds is 3. The molecule has 2 fully saturated rings. The first-order chi connectivity index (χ1) is 14.5. The second kappa shape index (κ2) is 6.78. The van der Waals surface area contributed by atoms with Crippen LogP contribution in [0.2, 0.25) is 0 Å². The second-order valence-corrected chi connectivity index (χ2v) is 7.70. The molecule has 2 aliphatic heterocycles. The lowest BCUT2D eigenvalue weighted by molar-refractivity contribution is -0.128. The van der Waals surface area contributed by atoms with Crippen LogP contribution in [0, 0.1) is 11.2 Å². The smallest absolute Gasteiger partial charge is 0.266 e. The zero-order valence-corrected chi connectivity index (χ0v) is 16.2. The minimum Gasteiger partial charge on any atom is -0.273 e. The van der Waals surface area contributed by atoms with E-state index < -0.39 is 29.3 Å². The third-order valence-corrected chi connectivity index (χ3v) is 5.89. The summed E-state index contributed by atoms with van der Waals surface area (Å²) in [5, 5.41) is 1.66. The molecule has 150 valence electrons. The molecule has 0 bridgehead atoms. The van der Waals surface area contributed by atoms with E-state index in [1.807, 2.05) is 60.7 Å². The number of fused-ring (bicyclic) bond motifs is 1. The van der Waals surface area contributed by atoms with Crippen molar-refractivity contribution in [1.29, 1.82) is 0 Å². The molecule has 30 heavy (non-hydrogen) atoms. The Morgan fingerprint density at radius 2 is 1.43 bits per heavy atom. The fraction of sp³-hybridized carbons (Fsp3) is 0.167. The Morgan fingerprint density at radius 1 is 0.833 bits per heavy atom. The molecule has 6 heteroatoms. The molecule has 0 unspecified atom stereocenters. The Balaban J connectivity index is 1.63. The van der Waals surface area contributed by atoms with E-state index in [2.05, 4.69) is 0 Å². The number of amides is 2. The van der Waals surface area contributed by atoms with Gasteiger partial charge in [-0.05, 0) is 48.9 Å². The molecule has 2 aliphatic rings. The van der Waals surface area contributed by atoms with E-state index in [-0.39, 0.29) is 5.91 Å². The van der Waals surface area contributed by atoms with Crippen LogP contribution >= 0.6 is 0 Å². The molecule has 2 amide bonds. The van der Waals surface area contributed by atoms with E-state index >= 15 is 0 Å². The van der Waals surface area contributed by atoms with Crippen molar-refractivity contribution in [2.45, 2.75) is 19.1 Å². The van der Waals surface area contributed by atoms with Gasteiger partial charge in [0.2, 0.25) is 5.91 Å². The third kappa shape index (κ3) is 2.57. The second-order valence-electron chi connectivity index (χ2n) is 7.70. The van der Waals surface area contributed by atoms with Crippen LogP contribution in [0.25, 0.3) is 0 Å². The number of anilines is 2. The minimum atomic E-state index is -1.15. The maximum Gasteiger partial charge on any atom is 0.266 e. The lowest BCUT2D eigenvalue weighted by Gasteiger charge is -2.32. The van der Waals surface area contributed by atoms with Crippen molar-refractivity contribution in [1.82, 2.24) is 0 Å². The van der Waals surface area contributed by atoms with Crippen molar-refractivity contribution < 1.29 is 18.8 Å². The molecule has 2 heterocycles. The molecule has 2 saturated heterocycles. The average Bonchev–Trinajstić information content (AvgIpc) is 3.19. The molecule has 5 rings (SSSR count). The van der Waals surface area contributed by atoms with Crippen LogP contribution in [0.1, 0.15) is 18.5 Å². The number of carbonyl (C=O) groups excluding carboxylic acids is 2. The maximum absolute atomic E-state index is 13.7. The fourth-order valence-corrected chi connectivity index (χ4v) is 4.40. The van der Waals surface area contributed by atoms with Gasteiger partial charge in [-0.15, -0.1) is 0 Å². The molecular weight excluding hydrogens is 383 g/mol. The average molecular weight is 402 g/mol. The molecule has 5 nitrogen and oxygen atoms in total. The molecule has 0 saturated carbocycles. The summed E-state index contributed by atoms with van der Waals surface area (Å²) in [4.78, 5) is 34.2. The summed E-state index contributed by atoms with van der Waals surface area (Å²) in [5.41, 5.74) is 0.816. The number of hydroxylamine groups is 1. The van der Waals surface area contributed by atoms with Crippen LogP contribution in [0.4, 0.5) is 15.8 Å². The highest BCUT2D eigenvalue weighted by Gasteiger charge is 2.68. The molecule has 0 spiro atoms. The van der Waals surface area contributed by atoms with Crippen LogP contribution < -0.4 is 9.96 Å². The van der Waals surface area contributed by atoms with Crippen LogP contribution in [0.3, 0.4) is 0 Å². The van der Waals surface area contributed by atoms with E-state index in [1.165, 1.54) is 24.3 Å². The van der Waals surface area contributed by atoms with Gasteiger partial charge in [-0.2, -0.15) is 0 Å². The Hall–Kier alpha value is -3.51. The number of para-hydroxylation sites is 1. The summed E-state index contributed by atoms with van der Waals surface area (Å²) < 4.78 is 13.4. The van der Waals surface area contributed by atoms with Gasteiger partial charge in [0, 0.05) is 0 Å². The summed E-state index contributed by atoms with van der Waals surface area (Å²) >= 11 is 0. The minimum absolute atomic E-state index is 0.337. The molecule has 0 aliphatic carbocycles. The lowest BCUT2D eigenvalue weighted by Crippen LogP contribution is -2.41. The van der Waals surface area contributed by atoms with Crippen molar-refractivity contribution in [3.8, 4) is 0 Å². The molecule has 3 atom stereocenters. The van der Waals surface area contributed by atoms with Crippen molar-refractivity contribution in [2.75, 3.05) is 9.96 Å². The summed E-state index contributed by atoms with van der Waals surface area (Å²) in [6, 6.07) is 23.8. The van der Waals surface area contributed by atoms with Gasteiger partial charge < -0.3 is 0 Å². The lowest BCUT2D eigenvalue weighted by atomic mass is 9.76. The van der Waals surface area contributed by atoms with E-state index in [4.69, 9.17) is 4.84 Å². The van der Waals surface area contributed by atoms with Gasteiger partial charge in [-0.3, -0.25) is 14.4 Å². The fourth-order valence-electron chi connectivity index (χ4n) is 4.40. The number of imide groups is 1. The first-order valence-electron chi connectivity index (χ1n) is 9.72. The van der Waals surface area contributed by atoms with Crippen LogP contribution in [-0.4, -0.2) is 17.9 Å². The van der Waals surface area contributed by atoms with Gasteiger partial charge >= 0.3 is 0 Å². The molecule has 0 radical (unpaired) electrons. The predicted octanol–water partition coefficient (Wildman–Crippen LogP) is 4.27. The highest BCUT2D eigenvalue weighted by Crippen LogP contribution is 2.55. The van der Waals surface area contributed by atoms with Crippen molar-refractivity contribution in [2.24, 2.45) is 5.41 Å². The van der Waals surface area contributed by atoms with Crippen LogP contribution in [0.15, 0.2) is 84.9 Å². The molecular formula is C24H19FN2O3. The van der Waals surface area contributed by atoms with Gasteiger partial charge in [0.25, 0.3) is 5.91 Å². The quantitative estimate of drug-likeness (QED) is 0.614. The maximum atomic E-state index is 13.7. The van der Waals surface area contributed by atoms with E-state index in [0.29, 0.717) is 5.69 Å². The van der Waals surface area contributed by atoms with Crippen LogP contribution in [-0.2, 0) is 14.4 Å². The van der Waals surface area contributed by atoms with E-state index in [1.54, 1.807) is 12.0 Å². The van der Waals surface area contributed by atoms with Gasteiger partial charge in [0.1, 0.15) is 11.2 Å². The van der Waals surface area contributed by atoms with Crippen molar-refractivity contribution >= 4 is 23.2 Å². The largest absolute Gasteiger partial charge is 0.273 e. The standard InChI is InChI=1S/C24H19FN2O3/c1-24-20(16-8-4-2-5-9-16)27(19-10-6-3-7-11-19)30-21(24)22(28)26(23(24)29)18-14-12-17(25)13-15-18/h2-15,20-21H,1H3/t20-,21+,24-/m0/s1. The summed E-state index contributed by atoms with van der Waals surface area (Å²) in [5.74, 6) is -1.25. The highest BCUT2D eigenvalue weighted by atomic mass is 19.1. The van der Waals surface area contributed by atoms with Crippen LogP contribution in [0.5, 0.6) is 0 Å². The Kier molecular flexibility index (Phi) is 4.18. The Morgan fingerprint density at radius 3 is 2.07 bits per heavy atom. The predicted molar refractivity (Wildman–Crippen MR) is 110 cm³/mol. The Labute approximate surface area is 173 Å². The number of carbonyl (C=O) groups is 2. The number of hydrogen-bond acceptors (Lipinski definition) is 4. The van der Waals surface area contributed by atoms with Gasteiger partial charge in [0.05, 0.1) is 17.4 Å². The highest BCUT2D eigenvalue weighted by molar-refractivity contribution is 6.25. The molecule has 0 N–H and O–H groups in total. The molecule has 3 aromatic carbocycles. The SMILES string of the molecule is C[C@@]12C(=O)N(c3ccc(F)cc3)C(=O)[C@H]1ON(c1ccccc1)[C@H]2c1ccccc1. The van der Waals surface area contributed by atoms with Gasteiger partial charge in [-0.1, -0.05) is 48.5 Å². The Bertz CT molecular complexity index is 1100. The summed E-state index contributed by atoms with van der Waals surface area (Å²) in [7, 11) is 0. The first kappa shape index (κ1) is 18.5. The van der Waals surface area contributed by atoms with Gasteiger partial charge in [-0.25, -0.2) is 14.4 Å². The van der Waals surface area contributed by atoms with Gasteiger partial charge in [0.15, 0.2) is 6.10 Å². The van der Waals surface area contributed by atoms with Crippen molar-refractivity contribution in [3.05, 3.63) is 96.3 Å². The van der Waals surface area contributed by atoms with E-state index in [0.717, 1.165) is 16.2 Å².